The summed E-state index contributed by atoms with van der Waals surface area (Å²) in [6.45, 7) is 9.30. The van der Waals surface area contributed by atoms with E-state index in [1.54, 1.807) is 13.0 Å². The molecule has 7 heteroatoms. The number of hydrogen-bond donors (Lipinski definition) is 2. The molecule has 1 aromatic carbocycles. The molecule has 1 aliphatic heterocycles. The van der Waals surface area contributed by atoms with E-state index in [1.165, 1.54) is 5.69 Å². The Labute approximate surface area is 166 Å². The number of amides is 1. The number of ether oxygens (including phenoxy) is 1. The van der Waals surface area contributed by atoms with Crippen LogP contribution >= 0.6 is 0 Å². The van der Waals surface area contributed by atoms with E-state index in [0.29, 0.717) is 23.9 Å². The van der Waals surface area contributed by atoms with Crippen LogP contribution in [0, 0.1) is 6.92 Å². The van der Waals surface area contributed by atoms with Gasteiger partial charge in [-0.05, 0) is 57.9 Å². The van der Waals surface area contributed by atoms with E-state index in [9.17, 15) is 4.79 Å². The molecule has 2 N–H and O–H groups in total. The number of benzene rings is 1. The van der Waals surface area contributed by atoms with E-state index >= 15 is 0 Å². The fourth-order valence-electron chi connectivity index (χ4n) is 3.34. The Kier molecular flexibility index (Phi) is 6.81. The lowest BCUT2D eigenvalue weighted by Crippen LogP contribution is -2.32. The van der Waals surface area contributed by atoms with Crippen molar-refractivity contribution in [3.63, 3.8) is 0 Å². The van der Waals surface area contributed by atoms with E-state index in [1.807, 2.05) is 12.1 Å². The van der Waals surface area contributed by atoms with Gasteiger partial charge in [-0.3, -0.25) is 4.79 Å². The van der Waals surface area contributed by atoms with E-state index in [0.717, 1.165) is 38.2 Å². The molecule has 0 bridgehead atoms. The van der Waals surface area contributed by atoms with E-state index < -0.39 is 0 Å². The fraction of sp³-hybridized carbons (Fsp3) is 0.476. The number of nitrogens with one attached hydrogen (secondary N) is 2. The number of aryl methyl sites for hydroxylation is 1. The lowest BCUT2D eigenvalue weighted by Gasteiger charge is -2.21. The lowest BCUT2D eigenvalue weighted by atomic mass is 10.2. The monoisotopic (exact) mass is 383 g/mol. The van der Waals surface area contributed by atoms with Gasteiger partial charge in [0, 0.05) is 43.7 Å². The van der Waals surface area contributed by atoms with Crippen molar-refractivity contribution in [1.82, 2.24) is 15.3 Å². The molecule has 3 rings (SSSR count). The number of carbonyl (C=O) groups excluding carboxylic acids is 1. The van der Waals surface area contributed by atoms with Gasteiger partial charge in [0.15, 0.2) is 0 Å². The molecule has 0 aliphatic carbocycles. The zero-order chi connectivity index (χ0) is 19.9. The highest BCUT2D eigenvalue weighted by Gasteiger charge is 2.18. The van der Waals surface area contributed by atoms with Gasteiger partial charge in [0.1, 0.15) is 17.3 Å². The number of rotatable bonds is 8. The number of nitrogens with zero attached hydrogens (tertiary/aromatic N) is 3. The van der Waals surface area contributed by atoms with Crippen molar-refractivity contribution in [3.05, 3.63) is 41.9 Å². The van der Waals surface area contributed by atoms with Gasteiger partial charge < -0.3 is 20.3 Å². The number of hydrogen-bond acceptors (Lipinski definition) is 6. The van der Waals surface area contributed by atoms with E-state index in [4.69, 9.17) is 4.74 Å². The Hall–Kier alpha value is -2.67. The third kappa shape index (κ3) is 5.19. The largest absolute Gasteiger partial charge is 0.376 e. The van der Waals surface area contributed by atoms with Gasteiger partial charge in [0.2, 0.25) is 0 Å². The highest BCUT2D eigenvalue weighted by molar-refractivity contribution is 5.93. The predicted molar refractivity (Wildman–Crippen MR) is 111 cm³/mol. The summed E-state index contributed by atoms with van der Waals surface area (Å²) in [5, 5.41) is 6.17. The SMILES string of the molecule is CCN(CC)c1ccc(Nc2cc(C(=O)NCC3CCCO3)nc(C)n2)cc1. The normalized spacial score (nSPS) is 16.0. The standard InChI is InChI=1S/C21H29N5O2/c1-4-26(5-2)17-10-8-16(9-11-17)25-20-13-19(23-15(3)24-20)21(27)22-14-18-7-6-12-28-18/h8-11,13,18H,4-7,12,14H2,1-3H3,(H,22,27)(H,23,24,25). The maximum Gasteiger partial charge on any atom is 0.270 e. The van der Waals surface area contributed by atoms with Crippen molar-refractivity contribution in [2.75, 3.05) is 36.5 Å². The third-order valence-corrected chi connectivity index (χ3v) is 4.85. The zero-order valence-corrected chi connectivity index (χ0v) is 16.9. The van der Waals surface area contributed by atoms with Crippen molar-refractivity contribution in [3.8, 4) is 0 Å². The maximum atomic E-state index is 12.5. The Morgan fingerprint density at radius 3 is 2.61 bits per heavy atom. The molecule has 1 amide bonds. The molecule has 150 valence electrons. The summed E-state index contributed by atoms with van der Waals surface area (Å²) in [7, 11) is 0. The molecule has 0 radical (unpaired) electrons. The molecule has 1 fully saturated rings. The van der Waals surface area contributed by atoms with Crippen LogP contribution in [-0.4, -0.2) is 48.2 Å². The minimum absolute atomic E-state index is 0.105. The first kappa shape index (κ1) is 20.1. The van der Waals surface area contributed by atoms with Gasteiger partial charge in [0.05, 0.1) is 6.10 Å². The summed E-state index contributed by atoms with van der Waals surface area (Å²) < 4.78 is 5.54. The number of anilines is 3. The van der Waals surface area contributed by atoms with Crippen molar-refractivity contribution in [2.24, 2.45) is 0 Å². The van der Waals surface area contributed by atoms with E-state index in [-0.39, 0.29) is 12.0 Å². The first-order chi connectivity index (χ1) is 13.6. The fourth-order valence-corrected chi connectivity index (χ4v) is 3.34. The predicted octanol–water partition coefficient (Wildman–Crippen LogP) is 3.28. The highest BCUT2D eigenvalue weighted by atomic mass is 16.5. The molecule has 2 aromatic rings. The van der Waals surface area contributed by atoms with Crippen LogP contribution in [0.4, 0.5) is 17.2 Å². The second-order valence-electron chi connectivity index (χ2n) is 6.87. The van der Waals surface area contributed by atoms with Crippen LogP contribution in [0.3, 0.4) is 0 Å². The Morgan fingerprint density at radius 2 is 1.96 bits per heavy atom. The third-order valence-electron chi connectivity index (χ3n) is 4.85. The van der Waals surface area contributed by atoms with Gasteiger partial charge in [-0.2, -0.15) is 0 Å². The molecule has 1 saturated heterocycles. The molecule has 28 heavy (non-hydrogen) atoms. The topological polar surface area (TPSA) is 79.4 Å². The average molecular weight is 383 g/mol. The molecular formula is C21H29N5O2. The molecule has 1 aromatic heterocycles. The van der Waals surface area contributed by atoms with Crippen LogP contribution < -0.4 is 15.5 Å². The second-order valence-corrected chi connectivity index (χ2v) is 6.87. The second kappa shape index (κ2) is 9.50. The van der Waals surface area contributed by atoms with Crippen LogP contribution in [0.5, 0.6) is 0 Å². The molecular weight excluding hydrogens is 354 g/mol. The number of carbonyl (C=O) groups is 1. The quantitative estimate of drug-likeness (QED) is 0.728. The van der Waals surface area contributed by atoms with Crippen molar-refractivity contribution < 1.29 is 9.53 Å². The summed E-state index contributed by atoms with van der Waals surface area (Å²) in [6, 6.07) is 9.87. The minimum Gasteiger partial charge on any atom is -0.376 e. The summed E-state index contributed by atoms with van der Waals surface area (Å²) in [5.41, 5.74) is 2.45. The Balaban J connectivity index is 1.66. The van der Waals surface area contributed by atoms with Crippen LogP contribution in [-0.2, 0) is 4.74 Å². The Morgan fingerprint density at radius 1 is 1.21 bits per heavy atom. The van der Waals surface area contributed by atoms with E-state index in [2.05, 4.69) is 51.5 Å². The molecule has 1 atom stereocenters. The molecule has 0 saturated carbocycles. The van der Waals surface area contributed by atoms with Gasteiger partial charge in [-0.1, -0.05) is 0 Å². The Bertz CT molecular complexity index is 784. The smallest absolute Gasteiger partial charge is 0.270 e. The van der Waals surface area contributed by atoms with Crippen LogP contribution in [0.15, 0.2) is 30.3 Å². The first-order valence-corrected chi connectivity index (χ1v) is 9.96. The van der Waals surface area contributed by atoms with Crippen molar-refractivity contribution in [2.45, 2.75) is 39.7 Å². The number of aromatic nitrogens is 2. The van der Waals surface area contributed by atoms with Gasteiger partial charge >= 0.3 is 0 Å². The van der Waals surface area contributed by atoms with Gasteiger partial charge in [0.25, 0.3) is 5.91 Å². The maximum absolute atomic E-state index is 12.5. The molecule has 0 spiro atoms. The summed E-state index contributed by atoms with van der Waals surface area (Å²) in [4.78, 5) is 23.4. The summed E-state index contributed by atoms with van der Waals surface area (Å²) >= 11 is 0. The van der Waals surface area contributed by atoms with Gasteiger partial charge in [-0.25, -0.2) is 9.97 Å². The van der Waals surface area contributed by atoms with Crippen LogP contribution in [0.1, 0.15) is 43.0 Å². The summed E-state index contributed by atoms with van der Waals surface area (Å²) in [5.74, 6) is 0.943. The first-order valence-electron chi connectivity index (χ1n) is 9.96. The van der Waals surface area contributed by atoms with Gasteiger partial charge in [-0.15, -0.1) is 0 Å². The van der Waals surface area contributed by atoms with Crippen LogP contribution in [0.25, 0.3) is 0 Å². The molecule has 1 unspecified atom stereocenters. The van der Waals surface area contributed by atoms with Crippen LogP contribution in [0.2, 0.25) is 0 Å². The highest BCUT2D eigenvalue weighted by Crippen LogP contribution is 2.21. The molecule has 2 heterocycles. The minimum atomic E-state index is -0.207. The van der Waals surface area contributed by atoms with Crippen molar-refractivity contribution >= 4 is 23.1 Å². The molecule has 7 nitrogen and oxygen atoms in total. The molecule has 1 aliphatic rings. The lowest BCUT2D eigenvalue weighted by molar-refractivity contribution is 0.0853. The average Bonchev–Trinajstić information content (AvgIpc) is 3.21. The summed E-state index contributed by atoms with van der Waals surface area (Å²) in [6.07, 6.45) is 2.14. The zero-order valence-electron chi connectivity index (χ0n) is 16.9. The van der Waals surface area contributed by atoms with Crippen molar-refractivity contribution in [1.29, 1.82) is 0 Å².